The zero-order chi connectivity index (χ0) is 12.6. The summed E-state index contributed by atoms with van der Waals surface area (Å²) in [5, 5.41) is 0. The molecule has 0 spiro atoms. The van der Waals surface area contributed by atoms with Gasteiger partial charge in [-0.25, -0.2) is 0 Å². The Hall–Kier alpha value is -1.60. The molecule has 0 aliphatic carbocycles. The molecule has 0 heterocycles. The van der Waals surface area contributed by atoms with Crippen LogP contribution < -0.4 is 0 Å². The van der Waals surface area contributed by atoms with Crippen LogP contribution in [-0.2, 0) is 24.0 Å². The van der Waals surface area contributed by atoms with E-state index in [0.29, 0.717) is 0 Å². The van der Waals surface area contributed by atoms with Crippen molar-refractivity contribution in [3.8, 4) is 0 Å². The van der Waals surface area contributed by atoms with Crippen LogP contribution in [0.3, 0.4) is 0 Å². The van der Waals surface area contributed by atoms with E-state index in [4.69, 9.17) is 4.74 Å². The van der Waals surface area contributed by atoms with E-state index in [1.54, 1.807) is 7.11 Å². The van der Waals surface area contributed by atoms with Gasteiger partial charge in [-0.2, -0.15) is 0 Å². The first-order valence-electron chi connectivity index (χ1n) is 6.50. The molecule has 0 radical (unpaired) electrons. The predicted octanol–water partition coefficient (Wildman–Crippen LogP) is 3.66. The van der Waals surface area contributed by atoms with Crippen molar-refractivity contribution in [3.05, 3.63) is 71.3 Å². The predicted molar refractivity (Wildman–Crippen MR) is 75.9 cm³/mol. The van der Waals surface area contributed by atoms with E-state index in [1.807, 2.05) is 0 Å². The second kappa shape index (κ2) is 6.97. The quantitative estimate of drug-likeness (QED) is 0.748. The van der Waals surface area contributed by atoms with E-state index in [0.717, 1.165) is 25.9 Å². The van der Waals surface area contributed by atoms with Gasteiger partial charge < -0.3 is 4.74 Å². The van der Waals surface area contributed by atoms with Crippen LogP contribution in [0, 0.1) is 0 Å². The molecule has 0 amide bonds. The summed E-state index contributed by atoms with van der Waals surface area (Å²) in [6.07, 6.45) is 3.20. The maximum Gasteiger partial charge on any atom is 0.0502 e. The SMILES string of the molecule is COCCc1ccccc1CCc1ccccc1. The number of hydrogen-bond donors (Lipinski definition) is 0. The third-order valence-corrected chi connectivity index (χ3v) is 3.22. The van der Waals surface area contributed by atoms with Gasteiger partial charge in [-0.15, -0.1) is 0 Å². The molecular weight excluding hydrogens is 220 g/mol. The van der Waals surface area contributed by atoms with Crippen LogP contribution in [0.25, 0.3) is 0 Å². The lowest BCUT2D eigenvalue weighted by atomic mass is 9.98. The average molecular weight is 240 g/mol. The van der Waals surface area contributed by atoms with Gasteiger partial charge in [-0.3, -0.25) is 0 Å². The summed E-state index contributed by atoms with van der Waals surface area (Å²) in [6, 6.07) is 19.3. The molecule has 0 aliphatic rings. The molecule has 0 unspecified atom stereocenters. The zero-order valence-electron chi connectivity index (χ0n) is 10.9. The highest BCUT2D eigenvalue weighted by Gasteiger charge is 2.02. The lowest BCUT2D eigenvalue weighted by molar-refractivity contribution is 0.202. The van der Waals surface area contributed by atoms with Crippen molar-refractivity contribution in [2.24, 2.45) is 0 Å². The van der Waals surface area contributed by atoms with Crippen LogP contribution in [0.1, 0.15) is 16.7 Å². The number of benzene rings is 2. The van der Waals surface area contributed by atoms with Gasteiger partial charge in [-0.1, -0.05) is 54.6 Å². The van der Waals surface area contributed by atoms with Crippen LogP contribution in [0.5, 0.6) is 0 Å². The number of aryl methyl sites for hydroxylation is 2. The van der Waals surface area contributed by atoms with Crippen LogP contribution in [0.2, 0.25) is 0 Å². The first-order chi connectivity index (χ1) is 8.90. The maximum atomic E-state index is 5.16. The summed E-state index contributed by atoms with van der Waals surface area (Å²) < 4.78 is 5.16. The molecule has 1 heteroatoms. The van der Waals surface area contributed by atoms with Crippen LogP contribution in [0.4, 0.5) is 0 Å². The molecule has 0 aromatic heterocycles. The summed E-state index contributed by atoms with van der Waals surface area (Å²) in [5.74, 6) is 0. The van der Waals surface area contributed by atoms with E-state index in [9.17, 15) is 0 Å². The topological polar surface area (TPSA) is 9.23 Å². The highest BCUT2D eigenvalue weighted by molar-refractivity contribution is 5.28. The largest absolute Gasteiger partial charge is 0.384 e. The Morgan fingerprint density at radius 1 is 0.722 bits per heavy atom. The lowest BCUT2D eigenvalue weighted by Crippen LogP contribution is -2.01. The number of methoxy groups -OCH3 is 1. The third-order valence-electron chi connectivity index (χ3n) is 3.22. The van der Waals surface area contributed by atoms with Crippen LogP contribution in [-0.4, -0.2) is 13.7 Å². The fourth-order valence-corrected chi connectivity index (χ4v) is 2.18. The van der Waals surface area contributed by atoms with E-state index in [1.165, 1.54) is 16.7 Å². The Bertz CT molecular complexity index is 462. The molecule has 0 bridgehead atoms. The van der Waals surface area contributed by atoms with Gasteiger partial charge in [0.1, 0.15) is 0 Å². The zero-order valence-corrected chi connectivity index (χ0v) is 10.9. The van der Waals surface area contributed by atoms with Crippen molar-refractivity contribution in [2.45, 2.75) is 19.3 Å². The van der Waals surface area contributed by atoms with Gasteiger partial charge in [0.15, 0.2) is 0 Å². The van der Waals surface area contributed by atoms with E-state index >= 15 is 0 Å². The summed E-state index contributed by atoms with van der Waals surface area (Å²) in [4.78, 5) is 0. The molecule has 0 aliphatic heterocycles. The number of ether oxygens (including phenoxy) is 1. The summed E-state index contributed by atoms with van der Waals surface area (Å²) in [6.45, 7) is 0.794. The molecule has 0 saturated heterocycles. The minimum Gasteiger partial charge on any atom is -0.384 e. The lowest BCUT2D eigenvalue weighted by Gasteiger charge is -2.09. The molecule has 0 N–H and O–H groups in total. The standard InChI is InChI=1S/C17H20O/c1-18-14-13-17-10-6-5-9-16(17)12-11-15-7-3-2-4-8-15/h2-10H,11-14H2,1H3. The highest BCUT2D eigenvalue weighted by Crippen LogP contribution is 2.13. The Morgan fingerprint density at radius 3 is 2.00 bits per heavy atom. The normalized spacial score (nSPS) is 10.5. The summed E-state index contributed by atoms with van der Waals surface area (Å²) >= 11 is 0. The minimum atomic E-state index is 0.794. The second-order valence-electron chi connectivity index (χ2n) is 4.50. The van der Waals surface area contributed by atoms with Gasteiger partial charge in [0, 0.05) is 7.11 Å². The van der Waals surface area contributed by atoms with Crippen LogP contribution >= 0.6 is 0 Å². The van der Waals surface area contributed by atoms with Crippen molar-refractivity contribution >= 4 is 0 Å². The first-order valence-corrected chi connectivity index (χ1v) is 6.50. The van der Waals surface area contributed by atoms with Gasteiger partial charge in [-0.05, 0) is 36.0 Å². The third kappa shape index (κ3) is 3.71. The Kier molecular flexibility index (Phi) is 4.98. The molecule has 2 aromatic carbocycles. The van der Waals surface area contributed by atoms with E-state index < -0.39 is 0 Å². The van der Waals surface area contributed by atoms with Gasteiger partial charge in [0.25, 0.3) is 0 Å². The monoisotopic (exact) mass is 240 g/mol. The average Bonchev–Trinajstić information content (AvgIpc) is 2.45. The fourth-order valence-electron chi connectivity index (χ4n) is 2.18. The molecule has 1 nitrogen and oxygen atoms in total. The molecular formula is C17H20O. The smallest absolute Gasteiger partial charge is 0.0502 e. The van der Waals surface area contributed by atoms with Crippen molar-refractivity contribution in [1.29, 1.82) is 0 Å². The van der Waals surface area contributed by atoms with Gasteiger partial charge in [0.2, 0.25) is 0 Å². The molecule has 2 aromatic rings. The fraction of sp³-hybridized carbons (Fsp3) is 0.294. The Balaban J connectivity index is 2.00. The van der Waals surface area contributed by atoms with Crippen molar-refractivity contribution in [1.82, 2.24) is 0 Å². The molecule has 2 rings (SSSR count). The van der Waals surface area contributed by atoms with Crippen LogP contribution in [0.15, 0.2) is 54.6 Å². The summed E-state index contributed by atoms with van der Waals surface area (Å²) in [5.41, 5.74) is 4.26. The minimum absolute atomic E-state index is 0.794. The van der Waals surface area contributed by atoms with Crippen molar-refractivity contribution in [2.75, 3.05) is 13.7 Å². The van der Waals surface area contributed by atoms with Crippen molar-refractivity contribution < 1.29 is 4.74 Å². The number of hydrogen-bond acceptors (Lipinski definition) is 1. The van der Waals surface area contributed by atoms with E-state index in [-0.39, 0.29) is 0 Å². The van der Waals surface area contributed by atoms with Gasteiger partial charge in [0.05, 0.1) is 6.61 Å². The highest BCUT2D eigenvalue weighted by atomic mass is 16.5. The molecule has 0 fully saturated rings. The van der Waals surface area contributed by atoms with E-state index in [2.05, 4.69) is 54.6 Å². The maximum absolute atomic E-state index is 5.16. The second-order valence-corrected chi connectivity index (χ2v) is 4.50. The Morgan fingerprint density at radius 2 is 1.33 bits per heavy atom. The molecule has 0 saturated carbocycles. The summed E-state index contributed by atoms with van der Waals surface area (Å²) in [7, 11) is 1.76. The molecule has 18 heavy (non-hydrogen) atoms. The first kappa shape index (κ1) is 12.8. The Labute approximate surface area is 109 Å². The van der Waals surface area contributed by atoms with Crippen molar-refractivity contribution in [3.63, 3.8) is 0 Å². The van der Waals surface area contributed by atoms with Gasteiger partial charge >= 0.3 is 0 Å². The molecule has 94 valence electrons. The number of rotatable bonds is 6. The molecule has 0 atom stereocenters.